The van der Waals surface area contributed by atoms with E-state index in [0.717, 1.165) is 16.9 Å². The minimum atomic E-state index is 0.410. The minimum absolute atomic E-state index is 0.410. The van der Waals surface area contributed by atoms with Crippen LogP contribution in [0.3, 0.4) is 0 Å². The van der Waals surface area contributed by atoms with Gasteiger partial charge >= 0.3 is 0 Å². The molecule has 1 aromatic heterocycles. The van der Waals surface area contributed by atoms with Gasteiger partial charge in [0.25, 0.3) is 0 Å². The van der Waals surface area contributed by atoms with Crippen molar-refractivity contribution in [3.8, 4) is 11.5 Å². The predicted molar refractivity (Wildman–Crippen MR) is 117 cm³/mol. The zero-order chi connectivity index (χ0) is 20.1. The molecule has 0 aliphatic carbocycles. The van der Waals surface area contributed by atoms with Crippen molar-refractivity contribution in [2.75, 3.05) is 24.9 Å². The molecule has 3 aromatic rings. The van der Waals surface area contributed by atoms with Crippen molar-refractivity contribution in [1.29, 1.82) is 0 Å². The molecule has 0 amide bonds. The Morgan fingerprint density at radius 3 is 2.64 bits per heavy atom. The molecule has 146 valence electrons. The summed E-state index contributed by atoms with van der Waals surface area (Å²) < 4.78 is 12.3. The van der Waals surface area contributed by atoms with Gasteiger partial charge in [-0.1, -0.05) is 29.3 Å². The lowest BCUT2D eigenvalue weighted by molar-refractivity contribution is 0.395. The average Bonchev–Trinajstić information content (AvgIpc) is 3.11. The monoisotopic (exact) mass is 436 g/mol. The number of nitrogens with one attached hydrogen (secondary N) is 2. The van der Waals surface area contributed by atoms with Crippen LogP contribution in [0.2, 0.25) is 10.0 Å². The molecule has 6 nitrogen and oxygen atoms in total. The van der Waals surface area contributed by atoms with Gasteiger partial charge in [-0.05, 0) is 42.0 Å². The molecular formula is C19H18Cl2N4O2S. The van der Waals surface area contributed by atoms with Crippen LogP contribution in [0.5, 0.6) is 11.5 Å². The summed E-state index contributed by atoms with van der Waals surface area (Å²) in [6.07, 6.45) is 3.52. The normalized spacial score (nSPS) is 10.4. The van der Waals surface area contributed by atoms with Crippen LogP contribution >= 0.6 is 35.4 Å². The number of thiocarbonyl (C=S) groups is 1. The number of hydrogen-bond acceptors (Lipinski definition) is 4. The largest absolute Gasteiger partial charge is 0.497 e. The van der Waals surface area contributed by atoms with Crippen LogP contribution in [-0.4, -0.2) is 29.1 Å². The van der Waals surface area contributed by atoms with Gasteiger partial charge in [0.1, 0.15) is 11.5 Å². The molecule has 0 aliphatic heterocycles. The number of halogens is 2. The second-order valence-electron chi connectivity index (χ2n) is 5.81. The molecule has 1 heterocycles. The molecule has 0 spiro atoms. The lowest BCUT2D eigenvalue weighted by Gasteiger charge is -2.13. The van der Waals surface area contributed by atoms with Crippen molar-refractivity contribution in [2.45, 2.75) is 6.54 Å². The Morgan fingerprint density at radius 2 is 1.93 bits per heavy atom. The van der Waals surface area contributed by atoms with Gasteiger partial charge in [-0.15, -0.1) is 0 Å². The Balaban J connectivity index is 1.64. The molecule has 28 heavy (non-hydrogen) atoms. The number of nitrogens with zero attached hydrogens (tertiary/aromatic N) is 2. The molecule has 0 saturated heterocycles. The van der Waals surface area contributed by atoms with Gasteiger partial charge in [0.15, 0.2) is 5.11 Å². The summed E-state index contributed by atoms with van der Waals surface area (Å²) in [5.41, 5.74) is 2.39. The highest BCUT2D eigenvalue weighted by atomic mass is 35.5. The SMILES string of the molecule is COc1ccc(NC(=S)Nc2cnn(Cc3ccc(Cl)cc3Cl)c2)c(OC)c1. The summed E-state index contributed by atoms with van der Waals surface area (Å²) in [4.78, 5) is 0. The predicted octanol–water partition coefficient (Wildman–Crippen LogP) is 5.06. The number of aromatic nitrogens is 2. The van der Waals surface area contributed by atoms with E-state index in [1.54, 1.807) is 43.3 Å². The van der Waals surface area contributed by atoms with E-state index < -0.39 is 0 Å². The molecule has 3 rings (SSSR count). The zero-order valence-electron chi connectivity index (χ0n) is 15.2. The first-order valence-electron chi connectivity index (χ1n) is 8.25. The van der Waals surface area contributed by atoms with Crippen LogP contribution in [0.25, 0.3) is 0 Å². The Kier molecular flexibility index (Phi) is 6.61. The van der Waals surface area contributed by atoms with Gasteiger partial charge in [0.2, 0.25) is 0 Å². The fraction of sp³-hybridized carbons (Fsp3) is 0.158. The van der Waals surface area contributed by atoms with E-state index in [9.17, 15) is 0 Å². The van der Waals surface area contributed by atoms with Gasteiger partial charge in [-0.3, -0.25) is 4.68 Å². The van der Waals surface area contributed by atoms with Crippen molar-refractivity contribution >= 4 is 51.9 Å². The van der Waals surface area contributed by atoms with Crippen molar-refractivity contribution in [3.05, 3.63) is 64.4 Å². The Labute approximate surface area is 178 Å². The molecule has 0 fully saturated rings. The highest BCUT2D eigenvalue weighted by molar-refractivity contribution is 7.80. The smallest absolute Gasteiger partial charge is 0.175 e. The van der Waals surface area contributed by atoms with E-state index in [1.165, 1.54) is 0 Å². The van der Waals surface area contributed by atoms with Crippen LogP contribution < -0.4 is 20.1 Å². The van der Waals surface area contributed by atoms with Gasteiger partial charge in [0, 0.05) is 22.3 Å². The van der Waals surface area contributed by atoms with Crippen molar-refractivity contribution < 1.29 is 9.47 Å². The quantitative estimate of drug-likeness (QED) is 0.526. The number of benzene rings is 2. The van der Waals surface area contributed by atoms with E-state index in [0.29, 0.717) is 33.2 Å². The zero-order valence-corrected chi connectivity index (χ0v) is 17.5. The van der Waals surface area contributed by atoms with E-state index in [1.807, 2.05) is 24.4 Å². The fourth-order valence-electron chi connectivity index (χ4n) is 2.53. The van der Waals surface area contributed by atoms with Gasteiger partial charge in [0.05, 0.1) is 38.3 Å². The lowest BCUT2D eigenvalue weighted by Crippen LogP contribution is -2.19. The number of hydrogen-bond donors (Lipinski definition) is 2. The van der Waals surface area contributed by atoms with E-state index in [2.05, 4.69) is 15.7 Å². The number of ether oxygens (including phenoxy) is 2. The number of methoxy groups -OCH3 is 2. The molecule has 0 radical (unpaired) electrons. The Bertz CT molecular complexity index is 994. The molecular weight excluding hydrogens is 419 g/mol. The summed E-state index contributed by atoms with van der Waals surface area (Å²) in [7, 11) is 3.19. The van der Waals surface area contributed by atoms with Gasteiger partial charge in [-0.25, -0.2) is 0 Å². The van der Waals surface area contributed by atoms with Crippen molar-refractivity contribution in [3.63, 3.8) is 0 Å². The first kappa shape index (κ1) is 20.3. The first-order chi connectivity index (χ1) is 13.5. The molecule has 2 aromatic carbocycles. The Hall–Kier alpha value is -2.48. The maximum absolute atomic E-state index is 6.22. The highest BCUT2D eigenvalue weighted by Gasteiger charge is 2.09. The maximum atomic E-state index is 6.22. The van der Waals surface area contributed by atoms with Gasteiger partial charge in [-0.2, -0.15) is 5.10 Å². The minimum Gasteiger partial charge on any atom is -0.497 e. The summed E-state index contributed by atoms with van der Waals surface area (Å²) in [5.74, 6) is 1.32. The van der Waals surface area contributed by atoms with Crippen LogP contribution in [0.15, 0.2) is 48.8 Å². The molecule has 0 unspecified atom stereocenters. The molecule has 2 N–H and O–H groups in total. The standard InChI is InChI=1S/C19H18Cl2N4O2S/c1-26-15-5-6-17(18(8-15)27-2)24-19(28)23-14-9-22-25(11-14)10-12-3-4-13(20)7-16(12)21/h3-9,11H,10H2,1-2H3,(H2,23,24,28). The maximum Gasteiger partial charge on any atom is 0.175 e. The summed E-state index contributed by atoms with van der Waals surface area (Å²) in [6, 6.07) is 10.8. The molecule has 0 aliphatic rings. The number of anilines is 2. The third-order valence-corrected chi connectivity index (χ3v) is 4.69. The van der Waals surface area contributed by atoms with Crippen LogP contribution in [0, 0.1) is 0 Å². The topological polar surface area (TPSA) is 60.3 Å². The second-order valence-corrected chi connectivity index (χ2v) is 7.06. The summed E-state index contributed by atoms with van der Waals surface area (Å²) in [5, 5.41) is 12.1. The van der Waals surface area contributed by atoms with Crippen LogP contribution in [0.1, 0.15) is 5.56 Å². The summed E-state index contributed by atoms with van der Waals surface area (Å²) >= 11 is 17.5. The van der Waals surface area contributed by atoms with E-state index in [-0.39, 0.29) is 0 Å². The fourth-order valence-corrected chi connectivity index (χ4v) is 3.22. The lowest BCUT2D eigenvalue weighted by atomic mass is 10.2. The van der Waals surface area contributed by atoms with Crippen LogP contribution in [-0.2, 0) is 6.54 Å². The second kappa shape index (κ2) is 9.14. The third-order valence-electron chi connectivity index (χ3n) is 3.90. The molecule has 0 atom stereocenters. The number of rotatable bonds is 6. The highest BCUT2D eigenvalue weighted by Crippen LogP contribution is 2.29. The summed E-state index contributed by atoms with van der Waals surface area (Å²) in [6.45, 7) is 0.518. The molecule has 0 saturated carbocycles. The van der Waals surface area contributed by atoms with Crippen LogP contribution in [0.4, 0.5) is 11.4 Å². The average molecular weight is 437 g/mol. The van der Waals surface area contributed by atoms with E-state index >= 15 is 0 Å². The molecule has 0 bridgehead atoms. The van der Waals surface area contributed by atoms with E-state index in [4.69, 9.17) is 44.9 Å². The third kappa shape index (κ3) is 5.07. The van der Waals surface area contributed by atoms with Crippen molar-refractivity contribution in [1.82, 2.24) is 9.78 Å². The van der Waals surface area contributed by atoms with Crippen molar-refractivity contribution in [2.24, 2.45) is 0 Å². The first-order valence-corrected chi connectivity index (χ1v) is 9.41. The van der Waals surface area contributed by atoms with Gasteiger partial charge < -0.3 is 20.1 Å². The Morgan fingerprint density at radius 1 is 1.11 bits per heavy atom. The molecule has 9 heteroatoms.